The Morgan fingerprint density at radius 2 is 1.79 bits per heavy atom. The van der Waals surface area contributed by atoms with Crippen LogP contribution >= 0.6 is 0 Å². The number of nitrogens with one attached hydrogen (secondary N) is 1. The van der Waals surface area contributed by atoms with Gasteiger partial charge in [-0.05, 0) is 58.2 Å². The van der Waals surface area contributed by atoms with Crippen LogP contribution in [-0.4, -0.2) is 36.7 Å². The molecule has 0 aromatic heterocycles. The molecule has 0 atom stereocenters. The van der Waals surface area contributed by atoms with E-state index in [0.29, 0.717) is 12.6 Å². The van der Waals surface area contributed by atoms with E-state index in [1.165, 1.54) is 0 Å². The van der Waals surface area contributed by atoms with E-state index in [1.807, 2.05) is 18.7 Å². The molecule has 0 aliphatic heterocycles. The number of amides is 2. The number of benzene rings is 1. The third-order valence-corrected chi connectivity index (χ3v) is 5.31. The second kappa shape index (κ2) is 7.42. The molecule has 0 saturated heterocycles. The summed E-state index contributed by atoms with van der Waals surface area (Å²) in [6.45, 7) is 7.52. The summed E-state index contributed by atoms with van der Waals surface area (Å²) in [4.78, 5) is 14.1. The standard InChI is InChI=1S/C17H26N2O4S/c1-12(2)18-17(20)19(15-7-8-15)11-14-5-9-16(10-6-14)23-24(21,22)13(3)4/h5-6,9-10,12-13,15H,7-8,11H2,1-4H3,(H,18,20). The fourth-order valence-corrected chi connectivity index (χ4v) is 2.73. The molecule has 1 saturated carbocycles. The smallest absolute Gasteiger partial charge is 0.318 e. The van der Waals surface area contributed by atoms with Gasteiger partial charge in [0.25, 0.3) is 0 Å². The molecule has 1 N–H and O–H groups in total. The molecule has 134 valence electrons. The van der Waals surface area contributed by atoms with Crippen molar-refractivity contribution in [1.29, 1.82) is 0 Å². The summed E-state index contributed by atoms with van der Waals surface area (Å²) >= 11 is 0. The van der Waals surface area contributed by atoms with Crippen molar-refractivity contribution >= 4 is 16.1 Å². The predicted octanol–water partition coefficient (Wildman–Crippen LogP) is 2.89. The average Bonchev–Trinajstić information content (AvgIpc) is 3.29. The molecule has 1 aromatic carbocycles. The molecule has 1 aliphatic rings. The summed E-state index contributed by atoms with van der Waals surface area (Å²) < 4.78 is 28.6. The van der Waals surface area contributed by atoms with E-state index in [0.717, 1.165) is 18.4 Å². The van der Waals surface area contributed by atoms with Gasteiger partial charge >= 0.3 is 16.1 Å². The fourth-order valence-electron chi connectivity index (χ4n) is 2.16. The van der Waals surface area contributed by atoms with Crippen molar-refractivity contribution in [2.45, 2.75) is 64.4 Å². The minimum Gasteiger partial charge on any atom is -0.382 e. The van der Waals surface area contributed by atoms with E-state index in [-0.39, 0.29) is 17.8 Å². The number of carbonyl (C=O) groups excluding carboxylic acids is 1. The van der Waals surface area contributed by atoms with E-state index < -0.39 is 15.4 Å². The monoisotopic (exact) mass is 354 g/mol. The average molecular weight is 354 g/mol. The van der Waals surface area contributed by atoms with Crippen molar-refractivity contribution < 1.29 is 17.4 Å². The Bertz CT molecular complexity index is 664. The van der Waals surface area contributed by atoms with Crippen LogP contribution in [0.5, 0.6) is 5.75 Å². The van der Waals surface area contributed by atoms with Gasteiger partial charge in [0.15, 0.2) is 0 Å². The fraction of sp³-hybridized carbons (Fsp3) is 0.588. The number of urea groups is 1. The Hall–Kier alpha value is -1.76. The maximum atomic E-state index is 12.3. The van der Waals surface area contributed by atoms with Gasteiger partial charge in [0.05, 0.1) is 5.25 Å². The van der Waals surface area contributed by atoms with Crippen molar-refractivity contribution in [2.75, 3.05) is 0 Å². The largest absolute Gasteiger partial charge is 0.382 e. The van der Waals surface area contributed by atoms with Crippen molar-refractivity contribution in [3.63, 3.8) is 0 Å². The lowest BCUT2D eigenvalue weighted by atomic mass is 10.2. The highest BCUT2D eigenvalue weighted by molar-refractivity contribution is 7.87. The predicted molar refractivity (Wildman–Crippen MR) is 93.4 cm³/mol. The zero-order valence-electron chi connectivity index (χ0n) is 14.7. The van der Waals surface area contributed by atoms with E-state index in [1.54, 1.807) is 38.1 Å². The second-order valence-corrected chi connectivity index (χ2v) is 8.83. The van der Waals surface area contributed by atoms with Gasteiger partial charge in [-0.15, -0.1) is 0 Å². The molecular formula is C17H26N2O4S. The lowest BCUT2D eigenvalue weighted by molar-refractivity contribution is 0.189. The first-order valence-corrected chi connectivity index (χ1v) is 9.75. The molecular weight excluding hydrogens is 328 g/mol. The molecule has 1 aromatic rings. The number of hydrogen-bond donors (Lipinski definition) is 1. The highest BCUT2D eigenvalue weighted by atomic mass is 32.2. The number of carbonyl (C=O) groups is 1. The van der Waals surface area contributed by atoms with Gasteiger partial charge in [0.2, 0.25) is 0 Å². The lowest BCUT2D eigenvalue weighted by Crippen LogP contribution is -2.43. The Kier molecular flexibility index (Phi) is 5.74. The zero-order chi connectivity index (χ0) is 17.9. The number of rotatable bonds is 7. The molecule has 0 radical (unpaired) electrons. The van der Waals surface area contributed by atoms with Gasteiger partial charge < -0.3 is 14.4 Å². The Morgan fingerprint density at radius 1 is 1.21 bits per heavy atom. The van der Waals surface area contributed by atoms with E-state index >= 15 is 0 Å². The zero-order valence-corrected chi connectivity index (χ0v) is 15.5. The highest BCUT2D eigenvalue weighted by Crippen LogP contribution is 2.29. The van der Waals surface area contributed by atoms with E-state index in [4.69, 9.17) is 4.18 Å². The maximum Gasteiger partial charge on any atom is 0.318 e. The van der Waals surface area contributed by atoms with E-state index in [9.17, 15) is 13.2 Å². The van der Waals surface area contributed by atoms with Crippen LogP contribution in [-0.2, 0) is 16.7 Å². The van der Waals surface area contributed by atoms with Crippen LogP contribution in [0.2, 0.25) is 0 Å². The minimum atomic E-state index is -3.59. The first-order chi connectivity index (χ1) is 11.2. The quantitative estimate of drug-likeness (QED) is 0.764. The first-order valence-electron chi connectivity index (χ1n) is 8.28. The molecule has 6 nitrogen and oxygen atoms in total. The number of nitrogens with zero attached hydrogens (tertiary/aromatic N) is 1. The first kappa shape index (κ1) is 18.6. The lowest BCUT2D eigenvalue weighted by Gasteiger charge is -2.24. The summed E-state index contributed by atoms with van der Waals surface area (Å²) in [6, 6.07) is 7.17. The molecule has 24 heavy (non-hydrogen) atoms. The minimum absolute atomic E-state index is 0.0600. The van der Waals surface area contributed by atoms with Crippen LogP contribution in [0.25, 0.3) is 0 Å². The van der Waals surface area contributed by atoms with Gasteiger partial charge in [-0.3, -0.25) is 0 Å². The van der Waals surface area contributed by atoms with Gasteiger partial charge in [-0.25, -0.2) is 4.79 Å². The summed E-state index contributed by atoms with van der Waals surface area (Å²) in [7, 11) is -3.59. The molecule has 2 rings (SSSR count). The van der Waals surface area contributed by atoms with Gasteiger partial charge in [0, 0.05) is 18.6 Å². The molecule has 1 fully saturated rings. The molecule has 0 spiro atoms. The summed E-state index contributed by atoms with van der Waals surface area (Å²) in [6.07, 6.45) is 2.05. The van der Waals surface area contributed by atoms with Crippen molar-refractivity contribution in [1.82, 2.24) is 10.2 Å². The molecule has 7 heteroatoms. The molecule has 0 bridgehead atoms. The molecule has 0 unspecified atom stereocenters. The van der Waals surface area contributed by atoms with Crippen molar-refractivity contribution in [3.05, 3.63) is 29.8 Å². The van der Waals surface area contributed by atoms with Crippen LogP contribution < -0.4 is 9.50 Å². The third kappa shape index (κ3) is 5.12. The van der Waals surface area contributed by atoms with Crippen LogP contribution in [0.1, 0.15) is 46.1 Å². The normalized spacial score (nSPS) is 14.8. The van der Waals surface area contributed by atoms with Gasteiger partial charge in [-0.1, -0.05) is 12.1 Å². The third-order valence-electron chi connectivity index (χ3n) is 3.73. The summed E-state index contributed by atoms with van der Waals surface area (Å²) in [5, 5.41) is 2.33. The Balaban J connectivity index is 2.03. The molecule has 2 amide bonds. The van der Waals surface area contributed by atoms with Crippen molar-refractivity contribution in [2.24, 2.45) is 0 Å². The van der Waals surface area contributed by atoms with Crippen molar-refractivity contribution in [3.8, 4) is 5.75 Å². The van der Waals surface area contributed by atoms with Crippen LogP contribution in [0.3, 0.4) is 0 Å². The van der Waals surface area contributed by atoms with Gasteiger partial charge in [0.1, 0.15) is 5.75 Å². The molecule has 1 aliphatic carbocycles. The second-order valence-electron chi connectivity index (χ2n) is 6.73. The summed E-state index contributed by atoms with van der Waals surface area (Å²) in [5.41, 5.74) is 0.940. The Morgan fingerprint density at radius 3 is 2.25 bits per heavy atom. The summed E-state index contributed by atoms with van der Waals surface area (Å²) in [5.74, 6) is 0.289. The van der Waals surface area contributed by atoms with Crippen LogP contribution in [0.4, 0.5) is 4.79 Å². The SMILES string of the molecule is CC(C)NC(=O)N(Cc1ccc(OS(=O)(=O)C(C)C)cc1)C1CC1. The van der Waals surface area contributed by atoms with E-state index in [2.05, 4.69) is 5.32 Å². The highest BCUT2D eigenvalue weighted by Gasteiger charge is 2.32. The van der Waals surface area contributed by atoms with Crippen LogP contribution in [0.15, 0.2) is 24.3 Å². The van der Waals surface area contributed by atoms with Crippen LogP contribution in [0, 0.1) is 0 Å². The Labute approximate surface area is 144 Å². The van der Waals surface area contributed by atoms with Gasteiger partial charge in [-0.2, -0.15) is 8.42 Å². The maximum absolute atomic E-state index is 12.3. The topological polar surface area (TPSA) is 75.7 Å². The molecule has 0 heterocycles. The number of hydrogen-bond acceptors (Lipinski definition) is 4.